The standard InChI is InChI=1S/C18H30N2/c1-4-19-10-9-17-5-7-18(8-6-17)14-20-12-15(2)11-16(3)13-20/h5-8,15-16,19H,4,9-14H2,1-3H3. The quantitative estimate of drug-likeness (QED) is 0.801. The minimum absolute atomic E-state index is 0.846. The molecule has 1 aliphatic rings. The molecule has 1 aromatic carbocycles. The van der Waals surface area contributed by atoms with Gasteiger partial charge in [0.25, 0.3) is 0 Å². The smallest absolute Gasteiger partial charge is 0.0233 e. The number of likely N-dealkylation sites (tertiary alicyclic amines) is 1. The summed E-state index contributed by atoms with van der Waals surface area (Å²) in [6, 6.07) is 9.21. The molecule has 1 aromatic rings. The predicted molar refractivity (Wildman–Crippen MR) is 86.9 cm³/mol. The van der Waals surface area contributed by atoms with Crippen LogP contribution in [0, 0.1) is 11.8 Å². The largest absolute Gasteiger partial charge is 0.317 e. The first-order valence-corrected chi connectivity index (χ1v) is 8.18. The third-order valence-corrected chi connectivity index (χ3v) is 4.21. The van der Waals surface area contributed by atoms with E-state index in [9.17, 15) is 0 Å². The topological polar surface area (TPSA) is 15.3 Å². The molecule has 0 bridgehead atoms. The zero-order chi connectivity index (χ0) is 14.4. The lowest BCUT2D eigenvalue weighted by atomic mass is 9.91. The van der Waals surface area contributed by atoms with E-state index in [0.29, 0.717) is 0 Å². The molecule has 1 aliphatic heterocycles. The number of nitrogens with one attached hydrogen (secondary N) is 1. The van der Waals surface area contributed by atoms with E-state index >= 15 is 0 Å². The number of benzene rings is 1. The zero-order valence-electron chi connectivity index (χ0n) is 13.4. The average molecular weight is 274 g/mol. The number of piperidine rings is 1. The molecule has 0 aliphatic carbocycles. The maximum absolute atomic E-state index is 3.38. The van der Waals surface area contributed by atoms with E-state index in [1.165, 1.54) is 30.6 Å². The van der Waals surface area contributed by atoms with Gasteiger partial charge in [-0.1, -0.05) is 45.0 Å². The highest BCUT2D eigenvalue weighted by Gasteiger charge is 2.21. The van der Waals surface area contributed by atoms with Crippen LogP contribution in [-0.2, 0) is 13.0 Å². The second-order valence-corrected chi connectivity index (χ2v) is 6.56. The van der Waals surface area contributed by atoms with E-state index in [-0.39, 0.29) is 0 Å². The highest BCUT2D eigenvalue weighted by molar-refractivity contribution is 5.22. The van der Waals surface area contributed by atoms with Gasteiger partial charge in [-0.25, -0.2) is 0 Å². The molecule has 2 heteroatoms. The van der Waals surface area contributed by atoms with Crippen molar-refractivity contribution in [3.63, 3.8) is 0 Å². The van der Waals surface area contributed by atoms with Crippen molar-refractivity contribution in [2.24, 2.45) is 11.8 Å². The van der Waals surface area contributed by atoms with Gasteiger partial charge in [0, 0.05) is 19.6 Å². The van der Waals surface area contributed by atoms with Gasteiger partial charge in [0.05, 0.1) is 0 Å². The van der Waals surface area contributed by atoms with E-state index < -0.39 is 0 Å². The highest BCUT2D eigenvalue weighted by atomic mass is 15.1. The molecule has 0 radical (unpaired) electrons. The second-order valence-electron chi connectivity index (χ2n) is 6.56. The molecule has 1 N–H and O–H groups in total. The molecule has 2 unspecified atom stereocenters. The van der Waals surface area contributed by atoms with Gasteiger partial charge in [0.15, 0.2) is 0 Å². The molecular formula is C18H30N2. The van der Waals surface area contributed by atoms with Gasteiger partial charge in [-0.05, 0) is 48.9 Å². The highest BCUT2D eigenvalue weighted by Crippen LogP contribution is 2.22. The maximum Gasteiger partial charge on any atom is 0.0233 e. The van der Waals surface area contributed by atoms with Crippen molar-refractivity contribution in [2.75, 3.05) is 26.2 Å². The van der Waals surface area contributed by atoms with Crippen LogP contribution in [0.2, 0.25) is 0 Å². The number of hydrogen-bond acceptors (Lipinski definition) is 2. The van der Waals surface area contributed by atoms with Crippen LogP contribution < -0.4 is 5.32 Å². The molecule has 2 nitrogen and oxygen atoms in total. The lowest BCUT2D eigenvalue weighted by Gasteiger charge is -2.35. The number of rotatable bonds is 6. The Bertz CT molecular complexity index is 375. The molecule has 0 amide bonds. The summed E-state index contributed by atoms with van der Waals surface area (Å²) in [5.74, 6) is 1.69. The first-order chi connectivity index (χ1) is 9.67. The Morgan fingerprint density at radius 2 is 1.65 bits per heavy atom. The molecule has 2 rings (SSSR count). The summed E-state index contributed by atoms with van der Waals surface area (Å²) in [5, 5.41) is 3.38. The monoisotopic (exact) mass is 274 g/mol. The van der Waals surface area contributed by atoms with E-state index in [4.69, 9.17) is 0 Å². The third kappa shape index (κ3) is 4.92. The van der Waals surface area contributed by atoms with E-state index in [1.807, 2.05) is 0 Å². The number of likely N-dealkylation sites (N-methyl/N-ethyl adjacent to an activating group) is 1. The van der Waals surface area contributed by atoms with Crippen LogP contribution in [0.5, 0.6) is 0 Å². The van der Waals surface area contributed by atoms with E-state index in [0.717, 1.165) is 37.9 Å². The Labute approximate surface area is 124 Å². The Kier molecular flexibility index (Phi) is 6.06. The summed E-state index contributed by atoms with van der Waals surface area (Å²) in [5.41, 5.74) is 2.90. The van der Waals surface area contributed by atoms with Crippen LogP contribution in [-0.4, -0.2) is 31.1 Å². The summed E-state index contributed by atoms with van der Waals surface area (Å²) in [7, 11) is 0. The summed E-state index contributed by atoms with van der Waals surface area (Å²) in [6.45, 7) is 12.7. The summed E-state index contributed by atoms with van der Waals surface area (Å²) >= 11 is 0. The SMILES string of the molecule is CCNCCc1ccc(CN2CC(C)CC(C)C2)cc1. The van der Waals surface area contributed by atoms with Crippen molar-refractivity contribution in [2.45, 2.75) is 40.2 Å². The van der Waals surface area contributed by atoms with Crippen LogP contribution in [0.25, 0.3) is 0 Å². The molecule has 0 spiro atoms. The first-order valence-electron chi connectivity index (χ1n) is 8.18. The van der Waals surface area contributed by atoms with Gasteiger partial charge in [-0.2, -0.15) is 0 Å². The van der Waals surface area contributed by atoms with Crippen LogP contribution in [0.4, 0.5) is 0 Å². The molecule has 112 valence electrons. The lowest BCUT2D eigenvalue weighted by Crippen LogP contribution is -2.38. The lowest BCUT2D eigenvalue weighted by molar-refractivity contribution is 0.134. The molecule has 1 saturated heterocycles. The van der Waals surface area contributed by atoms with Crippen molar-refractivity contribution in [1.82, 2.24) is 10.2 Å². The fraction of sp³-hybridized carbons (Fsp3) is 0.667. The maximum atomic E-state index is 3.38. The van der Waals surface area contributed by atoms with Crippen molar-refractivity contribution in [1.29, 1.82) is 0 Å². The Hall–Kier alpha value is -0.860. The van der Waals surface area contributed by atoms with Crippen LogP contribution in [0.1, 0.15) is 38.3 Å². The molecule has 2 atom stereocenters. The molecule has 1 fully saturated rings. The van der Waals surface area contributed by atoms with Crippen molar-refractivity contribution >= 4 is 0 Å². The fourth-order valence-corrected chi connectivity index (χ4v) is 3.40. The predicted octanol–water partition coefficient (Wildman–Crippen LogP) is 3.32. The van der Waals surface area contributed by atoms with Crippen molar-refractivity contribution in [3.05, 3.63) is 35.4 Å². The average Bonchev–Trinajstić information content (AvgIpc) is 2.40. The van der Waals surface area contributed by atoms with Crippen molar-refractivity contribution < 1.29 is 0 Å². The summed E-state index contributed by atoms with van der Waals surface area (Å²) in [6.07, 6.45) is 2.52. The van der Waals surface area contributed by atoms with Gasteiger partial charge >= 0.3 is 0 Å². The Morgan fingerprint density at radius 1 is 1.05 bits per heavy atom. The van der Waals surface area contributed by atoms with Crippen LogP contribution in [0.3, 0.4) is 0 Å². The molecule has 0 aromatic heterocycles. The first kappa shape index (κ1) is 15.5. The second kappa shape index (κ2) is 7.80. The normalized spacial score (nSPS) is 23.9. The van der Waals surface area contributed by atoms with E-state index in [2.05, 4.69) is 55.3 Å². The number of hydrogen-bond donors (Lipinski definition) is 1. The van der Waals surface area contributed by atoms with Crippen molar-refractivity contribution in [3.8, 4) is 0 Å². The summed E-state index contributed by atoms with van der Waals surface area (Å²) < 4.78 is 0. The van der Waals surface area contributed by atoms with Gasteiger partial charge in [-0.15, -0.1) is 0 Å². The zero-order valence-corrected chi connectivity index (χ0v) is 13.4. The van der Waals surface area contributed by atoms with Crippen LogP contribution in [0.15, 0.2) is 24.3 Å². The van der Waals surface area contributed by atoms with Gasteiger partial charge in [-0.3, -0.25) is 4.90 Å². The fourth-order valence-electron chi connectivity index (χ4n) is 3.40. The third-order valence-electron chi connectivity index (χ3n) is 4.21. The molecule has 0 saturated carbocycles. The van der Waals surface area contributed by atoms with Gasteiger partial charge in [0.2, 0.25) is 0 Å². The molecular weight excluding hydrogens is 244 g/mol. The minimum atomic E-state index is 0.846. The van der Waals surface area contributed by atoms with Crippen LogP contribution >= 0.6 is 0 Å². The number of nitrogens with zero attached hydrogens (tertiary/aromatic N) is 1. The Morgan fingerprint density at radius 3 is 2.25 bits per heavy atom. The summed E-state index contributed by atoms with van der Waals surface area (Å²) in [4.78, 5) is 2.62. The molecule has 1 heterocycles. The van der Waals surface area contributed by atoms with Gasteiger partial charge < -0.3 is 5.32 Å². The van der Waals surface area contributed by atoms with Gasteiger partial charge in [0.1, 0.15) is 0 Å². The van der Waals surface area contributed by atoms with E-state index in [1.54, 1.807) is 0 Å². The minimum Gasteiger partial charge on any atom is -0.317 e. The Balaban J connectivity index is 1.83. The molecule has 20 heavy (non-hydrogen) atoms.